The number of urea groups is 1. The molecule has 0 saturated heterocycles. The van der Waals surface area contributed by atoms with Crippen molar-refractivity contribution in [2.24, 2.45) is 0 Å². The molecule has 1 aromatic rings. The van der Waals surface area contributed by atoms with Crippen molar-refractivity contribution in [1.29, 1.82) is 0 Å². The van der Waals surface area contributed by atoms with E-state index in [1.807, 2.05) is 12.1 Å². The van der Waals surface area contributed by atoms with Crippen molar-refractivity contribution in [3.05, 3.63) is 42.0 Å². The molecule has 0 saturated carbocycles. The van der Waals surface area contributed by atoms with Gasteiger partial charge in [0.05, 0.1) is 12.6 Å². The monoisotopic (exact) mass is 289 g/mol. The molecular weight excluding hydrogens is 266 g/mol. The number of rotatable bonds is 5. The molecule has 2 rings (SSSR count). The number of amides is 2. The van der Waals surface area contributed by atoms with Gasteiger partial charge in [-0.2, -0.15) is 0 Å². The van der Waals surface area contributed by atoms with Crippen LogP contribution in [0.1, 0.15) is 12.5 Å². The van der Waals surface area contributed by atoms with E-state index in [-0.39, 0.29) is 18.7 Å². The third kappa shape index (κ3) is 3.98. The van der Waals surface area contributed by atoms with Gasteiger partial charge < -0.3 is 20.2 Å². The predicted octanol–water partition coefficient (Wildman–Crippen LogP) is 1.58. The molecule has 0 aromatic heterocycles. The maximum Gasteiger partial charge on any atom is 0.317 e. The standard InChI is InChI=1S/C16H23N3O2/c1-13(12-20)18(2)16(21)17-11-14-6-5-7-15(10-14)19-8-3-4-9-19/h3-7,10,13,20H,8-9,11-12H2,1-2H3,(H,17,21). The molecule has 1 atom stereocenters. The van der Waals surface area contributed by atoms with Crippen LogP contribution < -0.4 is 10.2 Å². The van der Waals surface area contributed by atoms with E-state index in [0.717, 1.165) is 18.7 Å². The second kappa shape index (κ2) is 7.13. The minimum atomic E-state index is -0.188. The van der Waals surface area contributed by atoms with E-state index in [9.17, 15) is 4.79 Å². The van der Waals surface area contributed by atoms with Crippen LogP contribution in [0.15, 0.2) is 36.4 Å². The Balaban J connectivity index is 1.91. The Kier molecular flexibility index (Phi) is 5.22. The van der Waals surface area contributed by atoms with E-state index in [1.165, 1.54) is 10.6 Å². The van der Waals surface area contributed by atoms with Crippen LogP contribution in [0.4, 0.5) is 10.5 Å². The van der Waals surface area contributed by atoms with Gasteiger partial charge in [0, 0.05) is 32.4 Å². The Morgan fingerprint density at radius 1 is 1.43 bits per heavy atom. The summed E-state index contributed by atoms with van der Waals surface area (Å²) in [5.74, 6) is 0. The molecule has 1 aromatic carbocycles. The number of benzene rings is 1. The maximum atomic E-state index is 11.9. The summed E-state index contributed by atoms with van der Waals surface area (Å²) in [6, 6.07) is 7.83. The zero-order valence-corrected chi connectivity index (χ0v) is 12.6. The quantitative estimate of drug-likeness (QED) is 0.809. The van der Waals surface area contributed by atoms with Crippen LogP contribution in [0.5, 0.6) is 0 Å². The highest BCUT2D eigenvalue weighted by atomic mass is 16.3. The van der Waals surface area contributed by atoms with E-state index in [4.69, 9.17) is 5.11 Å². The Labute approximate surface area is 125 Å². The molecule has 0 radical (unpaired) electrons. The van der Waals surface area contributed by atoms with E-state index in [1.54, 1.807) is 14.0 Å². The highest BCUT2D eigenvalue weighted by Crippen LogP contribution is 2.18. The Morgan fingerprint density at radius 2 is 2.14 bits per heavy atom. The van der Waals surface area contributed by atoms with Crippen molar-refractivity contribution in [1.82, 2.24) is 10.2 Å². The summed E-state index contributed by atoms with van der Waals surface area (Å²) in [6.45, 7) is 4.12. The number of carbonyl (C=O) groups is 1. The predicted molar refractivity (Wildman–Crippen MR) is 84.3 cm³/mol. The first-order chi connectivity index (χ1) is 10.1. The van der Waals surface area contributed by atoms with Crippen molar-refractivity contribution in [2.75, 3.05) is 31.6 Å². The molecule has 0 fully saturated rings. The summed E-state index contributed by atoms with van der Waals surface area (Å²) in [7, 11) is 1.68. The minimum absolute atomic E-state index is 0.0403. The van der Waals surface area contributed by atoms with Crippen LogP contribution >= 0.6 is 0 Å². The van der Waals surface area contributed by atoms with Crippen LogP contribution in [-0.4, -0.2) is 48.8 Å². The van der Waals surface area contributed by atoms with Crippen LogP contribution in [0.3, 0.4) is 0 Å². The molecule has 1 aliphatic rings. The number of nitrogens with zero attached hydrogens (tertiary/aromatic N) is 2. The first kappa shape index (κ1) is 15.4. The molecule has 21 heavy (non-hydrogen) atoms. The van der Waals surface area contributed by atoms with Gasteiger partial charge >= 0.3 is 6.03 Å². The third-order valence-corrected chi connectivity index (χ3v) is 3.78. The first-order valence-electron chi connectivity index (χ1n) is 7.22. The van der Waals surface area contributed by atoms with Crippen LogP contribution in [0.25, 0.3) is 0 Å². The largest absolute Gasteiger partial charge is 0.394 e. The Bertz CT molecular complexity index is 508. The average Bonchev–Trinajstić information content (AvgIpc) is 3.05. The molecule has 5 nitrogen and oxygen atoms in total. The highest BCUT2D eigenvalue weighted by Gasteiger charge is 2.14. The first-order valence-corrected chi connectivity index (χ1v) is 7.22. The van der Waals surface area contributed by atoms with Gasteiger partial charge in [0.25, 0.3) is 0 Å². The van der Waals surface area contributed by atoms with Gasteiger partial charge in [0.2, 0.25) is 0 Å². The van der Waals surface area contributed by atoms with Gasteiger partial charge in [-0.25, -0.2) is 4.79 Å². The lowest BCUT2D eigenvalue weighted by Crippen LogP contribution is -2.43. The summed E-state index contributed by atoms with van der Waals surface area (Å²) in [4.78, 5) is 15.7. The zero-order valence-electron chi connectivity index (χ0n) is 12.6. The molecule has 5 heteroatoms. The van der Waals surface area contributed by atoms with Gasteiger partial charge in [0.15, 0.2) is 0 Å². The smallest absolute Gasteiger partial charge is 0.317 e. The average molecular weight is 289 g/mol. The van der Waals surface area contributed by atoms with Crippen molar-refractivity contribution >= 4 is 11.7 Å². The Hall–Kier alpha value is -2.01. The summed E-state index contributed by atoms with van der Waals surface area (Å²) < 4.78 is 0. The lowest BCUT2D eigenvalue weighted by Gasteiger charge is -2.23. The normalized spacial score (nSPS) is 15.1. The molecule has 114 valence electrons. The maximum absolute atomic E-state index is 11.9. The summed E-state index contributed by atoms with van der Waals surface area (Å²) >= 11 is 0. The number of anilines is 1. The number of aliphatic hydroxyl groups excluding tert-OH is 1. The van der Waals surface area contributed by atoms with Crippen LogP contribution in [-0.2, 0) is 6.54 Å². The number of likely N-dealkylation sites (N-methyl/N-ethyl adjacent to an activating group) is 1. The molecule has 0 bridgehead atoms. The Morgan fingerprint density at radius 3 is 2.81 bits per heavy atom. The molecule has 0 spiro atoms. The van der Waals surface area contributed by atoms with Crippen molar-refractivity contribution in [3.63, 3.8) is 0 Å². The zero-order chi connectivity index (χ0) is 15.2. The number of aliphatic hydroxyl groups is 1. The number of carbonyl (C=O) groups excluding carboxylic acids is 1. The van der Waals surface area contributed by atoms with Gasteiger partial charge in [-0.15, -0.1) is 0 Å². The van der Waals surface area contributed by atoms with E-state index < -0.39 is 0 Å². The lowest BCUT2D eigenvalue weighted by molar-refractivity contribution is 0.157. The summed E-state index contributed by atoms with van der Waals surface area (Å²) in [6.07, 6.45) is 4.30. The number of hydrogen-bond acceptors (Lipinski definition) is 3. The third-order valence-electron chi connectivity index (χ3n) is 3.78. The molecular formula is C16H23N3O2. The van der Waals surface area contributed by atoms with Crippen LogP contribution in [0.2, 0.25) is 0 Å². The van der Waals surface area contributed by atoms with Crippen LogP contribution in [0, 0.1) is 0 Å². The molecule has 2 N–H and O–H groups in total. The fourth-order valence-electron chi connectivity index (χ4n) is 2.18. The minimum Gasteiger partial charge on any atom is -0.394 e. The molecule has 1 unspecified atom stereocenters. The SMILES string of the molecule is CC(CO)N(C)C(=O)NCc1cccc(N2CC=CC2)c1. The van der Waals surface area contributed by atoms with Crippen molar-refractivity contribution in [2.45, 2.75) is 19.5 Å². The molecule has 0 aliphatic carbocycles. The lowest BCUT2D eigenvalue weighted by atomic mass is 10.2. The fourth-order valence-corrected chi connectivity index (χ4v) is 2.18. The summed E-state index contributed by atoms with van der Waals surface area (Å²) in [5, 5.41) is 11.9. The summed E-state index contributed by atoms with van der Waals surface area (Å²) in [5.41, 5.74) is 2.24. The second-order valence-corrected chi connectivity index (χ2v) is 5.35. The fraction of sp³-hybridized carbons (Fsp3) is 0.438. The van der Waals surface area contributed by atoms with Gasteiger partial charge in [-0.05, 0) is 24.6 Å². The van der Waals surface area contributed by atoms with E-state index in [0.29, 0.717) is 6.54 Å². The van der Waals surface area contributed by atoms with Gasteiger partial charge in [0.1, 0.15) is 0 Å². The molecule has 2 amide bonds. The van der Waals surface area contributed by atoms with Crippen molar-refractivity contribution in [3.8, 4) is 0 Å². The number of nitrogens with one attached hydrogen (secondary N) is 1. The number of hydrogen-bond donors (Lipinski definition) is 2. The molecule has 1 heterocycles. The van der Waals surface area contributed by atoms with E-state index in [2.05, 4.69) is 34.5 Å². The van der Waals surface area contributed by atoms with Crippen molar-refractivity contribution < 1.29 is 9.90 Å². The topological polar surface area (TPSA) is 55.8 Å². The van der Waals surface area contributed by atoms with Gasteiger partial charge in [-0.3, -0.25) is 0 Å². The van der Waals surface area contributed by atoms with Gasteiger partial charge in [-0.1, -0.05) is 24.3 Å². The second-order valence-electron chi connectivity index (χ2n) is 5.35. The molecule has 1 aliphatic heterocycles. The highest BCUT2D eigenvalue weighted by molar-refractivity contribution is 5.74. The van der Waals surface area contributed by atoms with E-state index >= 15 is 0 Å².